The van der Waals surface area contributed by atoms with Gasteiger partial charge in [-0.05, 0) is 11.6 Å². The van der Waals surface area contributed by atoms with Crippen LogP contribution in [-0.4, -0.2) is 9.29 Å². The molecule has 1 nitrogen and oxygen atoms in total. The van der Waals surface area contributed by atoms with E-state index in [1.807, 2.05) is 0 Å². The lowest BCUT2D eigenvalue weighted by atomic mass is 10.8. The van der Waals surface area contributed by atoms with Crippen molar-refractivity contribution in [3.63, 3.8) is 0 Å². The largest absolute Gasteiger partial charge is 0.343 e. The minimum absolute atomic E-state index is 1.09. The van der Waals surface area contributed by atoms with Crippen LogP contribution in [-0.2, 0) is 0 Å². The summed E-state index contributed by atoms with van der Waals surface area (Å²) in [6.45, 7) is 6.30. The van der Waals surface area contributed by atoms with Crippen molar-refractivity contribution in [2.45, 2.75) is 9.29 Å². The summed E-state index contributed by atoms with van der Waals surface area (Å²) >= 11 is 20.7. The van der Waals surface area contributed by atoms with Crippen molar-refractivity contribution in [1.82, 2.24) is 0 Å². The molecule has 0 spiro atoms. The number of nitrogens with zero attached hydrogens (tertiary/aromatic N) is 1. The van der Waals surface area contributed by atoms with E-state index in [0.717, 1.165) is 0 Å². The molecule has 0 aliphatic heterocycles. The summed E-state index contributed by atoms with van der Waals surface area (Å²) in [4.78, 5) is 2.78. The average molecular weight is 193 g/mol. The Bertz CT molecular complexity index is 109. The lowest BCUT2D eigenvalue weighted by Crippen LogP contribution is -2.14. The van der Waals surface area contributed by atoms with E-state index in [9.17, 15) is 0 Å². The molecule has 0 aromatic carbocycles. The van der Waals surface area contributed by atoms with Crippen LogP contribution in [0.1, 0.15) is 0 Å². The van der Waals surface area contributed by atoms with Crippen molar-refractivity contribution in [3.8, 4) is 0 Å². The predicted octanol–water partition coefficient (Wildman–Crippen LogP) is 2.84. The van der Waals surface area contributed by atoms with E-state index in [4.69, 9.17) is 53.0 Å². The van der Waals surface area contributed by atoms with E-state index in [1.54, 1.807) is 0 Å². The molecule has 0 bridgehead atoms. The number of alkyl halides is 4. The molecule has 5 heteroatoms. The van der Waals surface area contributed by atoms with Gasteiger partial charge < -0.3 is 0 Å². The molecule has 0 heterocycles. The lowest BCUT2D eigenvalue weighted by molar-refractivity contribution is 1.08. The Labute approximate surface area is 67.3 Å². The second-order valence-electron chi connectivity index (χ2n) is 1.01. The van der Waals surface area contributed by atoms with Gasteiger partial charge in [-0.25, -0.2) is 6.57 Å². The Morgan fingerprint density at radius 1 is 1.38 bits per heavy atom. The first-order chi connectivity index (χ1) is 3.48. The second kappa shape index (κ2) is 2.98. The fourth-order valence-corrected chi connectivity index (χ4v) is 0.220. The summed E-state index contributed by atoms with van der Waals surface area (Å²) in [5.41, 5.74) is -1.09. The first-order valence-electron chi connectivity index (χ1n) is 1.56. The SMILES string of the molecule is [C-]#[N+]C(Cl)C(Cl)(Cl)Cl. The molecule has 8 heavy (non-hydrogen) atoms. The fourth-order valence-electron chi connectivity index (χ4n) is 0.0732. The average Bonchev–Trinajstić information content (AvgIpc) is 1.62. The molecule has 0 aromatic rings. The Kier molecular flexibility index (Phi) is 3.23. The topological polar surface area (TPSA) is 4.36 Å². The first-order valence-corrected chi connectivity index (χ1v) is 3.13. The van der Waals surface area contributed by atoms with Crippen LogP contribution in [0.15, 0.2) is 0 Å². The van der Waals surface area contributed by atoms with E-state index >= 15 is 0 Å². The third-order valence-corrected chi connectivity index (χ3v) is 1.76. The summed E-state index contributed by atoms with van der Waals surface area (Å²) in [5.74, 6) is 0. The standard InChI is InChI=1S/C3HCl4N/c1-8-2(4)3(5,6)7/h2H. The molecule has 0 saturated carbocycles. The normalized spacial score (nSPS) is 14.9. The van der Waals surface area contributed by atoms with Crippen molar-refractivity contribution in [3.05, 3.63) is 11.4 Å². The zero-order chi connectivity index (χ0) is 6.78. The van der Waals surface area contributed by atoms with Crippen LogP contribution < -0.4 is 0 Å². The van der Waals surface area contributed by atoms with Gasteiger partial charge in [-0.1, -0.05) is 34.8 Å². The molecule has 0 amide bonds. The van der Waals surface area contributed by atoms with Gasteiger partial charge in [0.25, 0.3) is 3.79 Å². The molecular formula is C3HCl4N. The minimum Gasteiger partial charge on any atom is -0.291 e. The monoisotopic (exact) mass is 191 g/mol. The van der Waals surface area contributed by atoms with Crippen molar-refractivity contribution >= 4 is 46.4 Å². The highest BCUT2D eigenvalue weighted by Crippen LogP contribution is 2.34. The quantitative estimate of drug-likeness (QED) is 0.316. The lowest BCUT2D eigenvalue weighted by Gasteiger charge is -2.04. The highest BCUT2D eigenvalue weighted by atomic mass is 35.6. The third-order valence-electron chi connectivity index (χ3n) is 0.383. The fraction of sp³-hybridized carbons (Fsp3) is 0.667. The first kappa shape index (κ1) is 8.65. The molecule has 1 atom stereocenters. The third kappa shape index (κ3) is 2.84. The maximum Gasteiger partial charge on any atom is 0.343 e. The van der Waals surface area contributed by atoms with Gasteiger partial charge in [-0.2, -0.15) is 0 Å². The molecule has 0 aliphatic rings. The summed E-state index contributed by atoms with van der Waals surface area (Å²) in [7, 11) is 0. The van der Waals surface area contributed by atoms with E-state index in [1.165, 1.54) is 0 Å². The summed E-state index contributed by atoms with van der Waals surface area (Å²) in [6, 6.07) is 0. The van der Waals surface area contributed by atoms with Crippen molar-refractivity contribution < 1.29 is 0 Å². The van der Waals surface area contributed by atoms with Gasteiger partial charge in [0.05, 0.1) is 0 Å². The summed E-state index contributed by atoms with van der Waals surface area (Å²) in [6.07, 6.45) is 0. The molecule has 0 radical (unpaired) electrons. The van der Waals surface area contributed by atoms with Gasteiger partial charge in [-0.3, -0.25) is 4.85 Å². The molecule has 0 N–H and O–H groups in total. The van der Waals surface area contributed by atoms with Gasteiger partial charge in [0, 0.05) is 0 Å². The highest BCUT2D eigenvalue weighted by Gasteiger charge is 2.36. The van der Waals surface area contributed by atoms with Crippen LogP contribution in [0.25, 0.3) is 4.85 Å². The molecular weight excluding hydrogens is 192 g/mol. The van der Waals surface area contributed by atoms with Crippen LogP contribution >= 0.6 is 46.4 Å². The predicted molar refractivity (Wildman–Crippen MR) is 36.5 cm³/mol. The Balaban J connectivity index is 3.87. The Hall–Kier alpha value is 0.650. The van der Waals surface area contributed by atoms with E-state index < -0.39 is 9.29 Å². The minimum atomic E-state index is -1.66. The van der Waals surface area contributed by atoms with Crippen molar-refractivity contribution in [2.24, 2.45) is 0 Å². The Morgan fingerprint density at radius 2 is 1.75 bits per heavy atom. The molecule has 0 aromatic heterocycles. The second-order valence-corrected chi connectivity index (χ2v) is 3.79. The van der Waals surface area contributed by atoms with Crippen molar-refractivity contribution in [2.75, 3.05) is 0 Å². The van der Waals surface area contributed by atoms with E-state index in [-0.39, 0.29) is 0 Å². The summed E-state index contributed by atoms with van der Waals surface area (Å²) < 4.78 is -1.66. The Morgan fingerprint density at radius 3 is 1.75 bits per heavy atom. The molecule has 0 fully saturated rings. The van der Waals surface area contributed by atoms with Crippen LogP contribution in [0.4, 0.5) is 0 Å². The van der Waals surface area contributed by atoms with Crippen LogP contribution in [0.5, 0.6) is 0 Å². The summed E-state index contributed by atoms with van der Waals surface area (Å²) in [5, 5.41) is 0. The van der Waals surface area contributed by atoms with Crippen LogP contribution in [0, 0.1) is 6.57 Å². The zero-order valence-electron chi connectivity index (χ0n) is 3.54. The van der Waals surface area contributed by atoms with Crippen LogP contribution in [0.3, 0.4) is 0 Å². The van der Waals surface area contributed by atoms with E-state index in [0.29, 0.717) is 0 Å². The zero-order valence-corrected chi connectivity index (χ0v) is 6.56. The maximum absolute atomic E-state index is 6.30. The molecule has 46 valence electrons. The van der Waals surface area contributed by atoms with Gasteiger partial charge >= 0.3 is 5.50 Å². The van der Waals surface area contributed by atoms with Gasteiger partial charge in [0.1, 0.15) is 0 Å². The van der Waals surface area contributed by atoms with Gasteiger partial charge in [0.2, 0.25) is 0 Å². The number of halogens is 4. The molecule has 0 saturated heterocycles. The van der Waals surface area contributed by atoms with E-state index in [2.05, 4.69) is 4.85 Å². The molecule has 0 rings (SSSR count). The van der Waals surface area contributed by atoms with Crippen molar-refractivity contribution in [1.29, 1.82) is 0 Å². The molecule has 0 aliphatic carbocycles. The van der Waals surface area contributed by atoms with Gasteiger partial charge in [-0.15, -0.1) is 0 Å². The number of rotatable bonds is 0. The molecule has 1 unspecified atom stereocenters. The maximum atomic E-state index is 6.30. The van der Waals surface area contributed by atoms with Gasteiger partial charge in [0.15, 0.2) is 0 Å². The smallest absolute Gasteiger partial charge is 0.291 e. The number of hydrogen-bond donors (Lipinski definition) is 0. The highest BCUT2D eigenvalue weighted by molar-refractivity contribution is 6.70. The number of hydrogen-bond acceptors (Lipinski definition) is 0. The van der Waals surface area contributed by atoms with Crippen LogP contribution in [0.2, 0.25) is 0 Å².